The Morgan fingerprint density at radius 2 is 1.21 bits per heavy atom. The summed E-state index contributed by atoms with van der Waals surface area (Å²) < 4.78 is 0. The van der Waals surface area contributed by atoms with E-state index >= 15 is 0 Å². The zero-order chi connectivity index (χ0) is 37.0. The van der Waals surface area contributed by atoms with Gasteiger partial charge in [0.15, 0.2) is 0 Å². The number of hydrogen-bond donors (Lipinski definition) is 1. The number of imide groups is 2. The minimum Gasteiger partial charge on any atom is -0.356 e. The molecule has 3 saturated heterocycles. The Morgan fingerprint density at radius 1 is 0.750 bits per heavy atom. The average Bonchev–Trinajstić information content (AvgIpc) is 3.45. The van der Waals surface area contributed by atoms with E-state index in [-0.39, 0.29) is 56.4 Å². The molecule has 276 valence electrons. The molecule has 3 aliphatic rings. The number of nitrogens with one attached hydrogen (secondary N) is 1. The van der Waals surface area contributed by atoms with Crippen LogP contribution in [0.5, 0.6) is 0 Å². The molecule has 0 atom stereocenters. The van der Waals surface area contributed by atoms with Gasteiger partial charge in [-0.15, -0.1) is 13.2 Å². The predicted octanol–water partition coefficient (Wildman–Crippen LogP) is 7.63. The molecule has 0 bridgehead atoms. The van der Waals surface area contributed by atoms with Crippen molar-refractivity contribution < 1.29 is 28.8 Å². The van der Waals surface area contributed by atoms with Gasteiger partial charge in [0.25, 0.3) is 0 Å². The first-order chi connectivity index (χ1) is 22.5. The first-order valence-electron chi connectivity index (χ1n) is 17.9. The van der Waals surface area contributed by atoms with Crippen molar-refractivity contribution in [2.24, 2.45) is 0 Å². The molecule has 9 nitrogen and oxygen atoms in total. The van der Waals surface area contributed by atoms with Crippen molar-refractivity contribution in [3.05, 3.63) is 25.3 Å². The summed E-state index contributed by atoms with van der Waals surface area (Å²) in [5.74, 6) is 0.185. The van der Waals surface area contributed by atoms with Crippen LogP contribution in [0.3, 0.4) is 0 Å². The SMILES string of the molecule is C=CCC(=O)Cl.C=CCC(=O)N1CCCCCC1=O.C[SiH](C)C.C[Si](C)(C)CCCC(=O)N1CCCCCC1=O.O=C1CCCCCN1. The Balaban J connectivity index is 0. The lowest BCUT2D eigenvalue weighted by Gasteiger charge is -2.20. The fraction of sp³-hybridized carbons (Fsp3) is 0.722. The number of carbonyl (C=O) groups excluding carboxylic acids is 6. The van der Waals surface area contributed by atoms with Crippen LogP contribution in [-0.2, 0) is 28.8 Å². The lowest BCUT2D eigenvalue weighted by Crippen LogP contribution is -2.36. The summed E-state index contributed by atoms with van der Waals surface area (Å²) in [6.45, 7) is 22.8. The van der Waals surface area contributed by atoms with Gasteiger partial charge in [-0.05, 0) is 56.5 Å². The van der Waals surface area contributed by atoms with Crippen molar-refractivity contribution in [2.75, 3.05) is 19.6 Å². The summed E-state index contributed by atoms with van der Waals surface area (Å²) in [6, 6.07) is 1.17. The quantitative estimate of drug-likeness (QED) is 0.156. The maximum atomic E-state index is 12.0. The van der Waals surface area contributed by atoms with E-state index in [0.717, 1.165) is 70.8 Å². The van der Waals surface area contributed by atoms with Gasteiger partial charge >= 0.3 is 0 Å². The van der Waals surface area contributed by atoms with E-state index in [0.29, 0.717) is 32.4 Å². The minimum absolute atomic E-state index is 0.0237. The molecule has 1 N–H and O–H groups in total. The minimum atomic E-state index is -1.06. The van der Waals surface area contributed by atoms with Crippen LogP contribution in [-0.4, -0.2) is 81.1 Å². The smallest absolute Gasteiger partial charge is 0.232 e. The zero-order valence-corrected chi connectivity index (χ0v) is 33.9. The highest BCUT2D eigenvalue weighted by Gasteiger charge is 2.23. The summed E-state index contributed by atoms with van der Waals surface area (Å²) in [5.41, 5.74) is 0. The zero-order valence-electron chi connectivity index (χ0n) is 31.0. The topological polar surface area (TPSA) is 121 Å². The summed E-state index contributed by atoms with van der Waals surface area (Å²) in [7, 11) is -1.20. The molecule has 0 aliphatic carbocycles. The van der Waals surface area contributed by atoms with Gasteiger partial charge in [-0.2, -0.15) is 0 Å². The molecule has 0 aromatic carbocycles. The Bertz CT molecular complexity index is 988. The Hall–Kier alpha value is -2.38. The highest BCUT2D eigenvalue weighted by Crippen LogP contribution is 2.17. The van der Waals surface area contributed by atoms with E-state index in [1.54, 1.807) is 6.08 Å². The van der Waals surface area contributed by atoms with Gasteiger partial charge in [-0.1, -0.05) is 76.7 Å². The van der Waals surface area contributed by atoms with Crippen LogP contribution in [0.2, 0.25) is 45.3 Å². The summed E-state index contributed by atoms with van der Waals surface area (Å²) in [6.07, 6.45) is 16.2. The number of amides is 5. The second-order valence-electron chi connectivity index (χ2n) is 14.1. The summed E-state index contributed by atoms with van der Waals surface area (Å²) in [5, 5.41) is 2.45. The van der Waals surface area contributed by atoms with E-state index in [1.165, 1.54) is 28.3 Å². The number of hydrogen-bond acceptors (Lipinski definition) is 6. The second kappa shape index (κ2) is 29.5. The molecule has 0 spiro atoms. The fourth-order valence-corrected chi connectivity index (χ4v) is 5.99. The molecule has 3 fully saturated rings. The van der Waals surface area contributed by atoms with Crippen LogP contribution < -0.4 is 5.32 Å². The third kappa shape index (κ3) is 29.7. The lowest BCUT2D eigenvalue weighted by molar-refractivity contribution is -0.145. The molecule has 0 saturated carbocycles. The highest BCUT2D eigenvalue weighted by atomic mass is 35.5. The molecule has 5 amide bonds. The van der Waals surface area contributed by atoms with Gasteiger partial charge in [-0.3, -0.25) is 38.6 Å². The molecule has 3 rings (SSSR count). The fourth-order valence-electron chi connectivity index (χ4n) is 4.65. The number of carbonyl (C=O) groups is 6. The molecular weight excluding hydrogens is 662 g/mol. The van der Waals surface area contributed by atoms with Crippen molar-refractivity contribution in [1.82, 2.24) is 15.1 Å². The average molecular weight is 729 g/mol. The van der Waals surface area contributed by atoms with Gasteiger partial charge in [0.1, 0.15) is 0 Å². The number of rotatable bonds is 8. The van der Waals surface area contributed by atoms with Crippen molar-refractivity contribution >= 4 is 63.2 Å². The van der Waals surface area contributed by atoms with Gasteiger partial charge in [0, 0.05) is 75.0 Å². The monoisotopic (exact) mass is 727 g/mol. The maximum absolute atomic E-state index is 12.0. The van der Waals surface area contributed by atoms with Crippen molar-refractivity contribution in [3.63, 3.8) is 0 Å². The van der Waals surface area contributed by atoms with E-state index in [2.05, 4.69) is 57.8 Å². The Labute approximate surface area is 299 Å². The number of halogens is 1. The number of likely N-dealkylation sites (tertiary alicyclic amines) is 2. The first-order valence-corrected chi connectivity index (χ1v) is 25.4. The van der Waals surface area contributed by atoms with Crippen LogP contribution in [0, 0.1) is 0 Å². The van der Waals surface area contributed by atoms with Crippen molar-refractivity contribution in [3.8, 4) is 0 Å². The first kappa shape index (κ1) is 47.7. The molecule has 0 aromatic rings. The standard InChI is InChI=1S/C13H25NO2Si.C10H15NO2.C6H11NO.C4H5ClO.C3H10Si/c1-17(2,3)11-7-9-13(16)14-10-6-4-5-8-12(14)15;1-2-6-9(12)11-8-5-3-4-7-10(11)13;8-6-4-2-1-3-5-7-6;1-2-3-4(5)6;1-4(2)3/h4-11H2,1-3H3;2H,1,3-8H2;1-5H2,(H,7,8);2H,1,3H2;4H,1-3H3. The Morgan fingerprint density at radius 3 is 1.65 bits per heavy atom. The lowest BCUT2D eigenvalue weighted by atomic mass is 10.2. The third-order valence-electron chi connectivity index (χ3n) is 7.09. The highest BCUT2D eigenvalue weighted by molar-refractivity contribution is 6.76. The molecular formula is C36H66ClN3O6Si2. The predicted molar refractivity (Wildman–Crippen MR) is 204 cm³/mol. The molecule has 0 unspecified atom stereocenters. The van der Waals surface area contributed by atoms with E-state index in [1.807, 2.05) is 0 Å². The molecule has 12 heteroatoms. The van der Waals surface area contributed by atoms with Crippen molar-refractivity contribution in [2.45, 2.75) is 148 Å². The van der Waals surface area contributed by atoms with Crippen LogP contribution in [0.25, 0.3) is 0 Å². The molecule has 48 heavy (non-hydrogen) atoms. The largest absolute Gasteiger partial charge is 0.356 e. The second-order valence-corrected chi connectivity index (χ2v) is 23.7. The van der Waals surface area contributed by atoms with Gasteiger partial charge < -0.3 is 5.32 Å². The number of nitrogens with zero attached hydrogens (tertiary/aromatic N) is 2. The summed E-state index contributed by atoms with van der Waals surface area (Å²) >= 11 is 4.87. The van der Waals surface area contributed by atoms with Gasteiger partial charge in [0.05, 0.1) is 0 Å². The van der Waals surface area contributed by atoms with Crippen LogP contribution in [0.1, 0.15) is 103 Å². The Kier molecular flexibility index (Phi) is 29.4. The summed E-state index contributed by atoms with van der Waals surface area (Å²) in [4.78, 5) is 69.7. The van der Waals surface area contributed by atoms with E-state index in [9.17, 15) is 28.8 Å². The molecule has 3 aliphatic heterocycles. The number of allylic oxidation sites excluding steroid dienone is 1. The maximum Gasteiger partial charge on any atom is 0.232 e. The van der Waals surface area contributed by atoms with Crippen LogP contribution in [0.4, 0.5) is 0 Å². The van der Waals surface area contributed by atoms with Gasteiger partial charge in [-0.25, -0.2) is 0 Å². The van der Waals surface area contributed by atoms with Crippen LogP contribution in [0.15, 0.2) is 25.3 Å². The van der Waals surface area contributed by atoms with Crippen molar-refractivity contribution in [1.29, 1.82) is 0 Å². The van der Waals surface area contributed by atoms with Crippen LogP contribution >= 0.6 is 11.6 Å². The van der Waals surface area contributed by atoms with E-state index in [4.69, 9.17) is 11.6 Å². The van der Waals surface area contributed by atoms with Gasteiger partial charge in [0.2, 0.25) is 34.8 Å². The molecule has 0 radical (unpaired) electrons. The normalized spacial score (nSPS) is 16.6. The van der Waals surface area contributed by atoms with E-state index < -0.39 is 8.07 Å². The molecule has 0 aromatic heterocycles. The molecule has 3 heterocycles. The third-order valence-corrected chi connectivity index (χ3v) is 9.10.